The molecule has 0 atom stereocenters. The Kier molecular flexibility index (Phi) is 2.49. The zero-order valence-corrected chi connectivity index (χ0v) is 10.6. The molecule has 1 aromatic rings. The predicted molar refractivity (Wildman–Crippen MR) is 66.9 cm³/mol. The monoisotopic (exact) mass is 253 g/mol. The highest BCUT2D eigenvalue weighted by molar-refractivity contribution is 6.32. The van der Waals surface area contributed by atoms with Crippen LogP contribution < -0.4 is 15.2 Å². The Bertz CT molecular complexity index is 469. The largest absolute Gasteiger partial charge is 0.453 e. The van der Waals surface area contributed by atoms with Gasteiger partial charge in [0.15, 0.2) is 11.5 Å². The number of fused-ring (bicyclic) bond motifs is 1. The van der Waals surface area contributed by atoms with E-state index in [1.54, 1.807) is 0 Å². The van der Waals surface area contributed by atoms with Crippen LogP contribution in [0, 0.1) is 0 Å². The maximum Gasteiger partial charge on any atom is 0.231 e. The van der Waals surface area contributed by atoms with E-state index in [0.29, 0.717) is 17.3 Å². The lowest BCUT2D eigenvalue weighted by molar-refractivity contribution is 0.173. The fourth-order valence-corrected chi connectivity index (χ4v) is 2.89. The molecule has 2 aliphatic rings. The van der Waals surface area contributed by atoms with E-state index in [1.165, 1.54) is 11.1 Å². The van der Waals surface area contributed by atoms with Crippen LogP contribution in [0.5, 0.6) is 11.5 Å². The van der Waals surface area contributed by atoms with E-state index < -0.39 is 0 Å². The van der Waals surface area contributed by atoms with E-state index in [9.17, 15) is 0 Å². The highest BCUT2D eigenvalue weighted by Gasteiger charge is 2.45. The smallest absolute Gasteiger partial charge is 0.231 e. The van der Waals surface area contributed by atoms with Crippen LogP contribution in [0.2, 0.25) is 5.02 Å². The van der Waals surface area contributed by atoms with Crippen LogP contribution in [0.4, 0.5) is 0 Å². The van der Waals surface area contributed by atoms with Crippen LogP contribution in [0.3, 0.4) is 0 Å². The normalized spacial score (nSPS) is 19.5. The molecule has 2 N–H and O–H groups in total. The van der Waals surface area contributed by atoms with Crippen molar-refractivity contribution in [2.24, 2.45) is 5.73 Å². The average Bonchev–Trinajstić information content (AvgIpc) is 2.99. The fourth-order valence-electron chi connectivity index (χ4n) is 2.64. The van der Waals surface area contributed by atoms with Crippen molar-refractivity contribution in [3.63, 3.8) is 0 Å². The quantitative estimate of drug-likeness (QED) is 0.901. The van der Waals surface area contributed by atoms with Crippen LogP contribution in [-0.2, 0) is 11.8 Å². The van der Waals surface area contributed by atoms with Gasteiger partial charge in [0.05, 0.1) is 5.02 Å². The van der Waals surface area contributed by atoms with Crippen molar-refractivity contribution in [2.75, 3.05) is 13.3 Å². The van der Waals surface area contributed by atoms with Crippen molar-refractivity contribution in [1.29, 1.82) is 0 Å². The summed E-state index contributed by atoms with van der Waals surface area (Å²) in [5.74, 6) is 1.52. The highest BCUT2D eigenvalue weighted by atomic mass is 35.5. The van der Waals surface area contributed by atoms with E-state index in [4.69, 9.17) is 26.8 Å². The molecule has 0 spiro atoms. The third-order valence-corrected chi connectivity index (χ3v) is 4.15. The lowest BCUT2D eigenvalue weighted by Crippen LogP contribution is -2.21. The number of hydrogen-bond acceptors (Lipinski definition) is 3. The minimum Gasteiger partial charge on any atom is -0.453 e. The van der Waals surface area contributed by atoms with Crippen LogP contribution in [0.15, 0.2) is 6.07 Å². The SMILES string of the molecule is CCc1c(C2(CN)CC2)cc(Cl)c2c1OCO2. The third-order valence-electron chi connectivity index (χ3n) is 3.87. The van der Waals surface area contributed by atoms with Gasteiger partial charge in [0.25, 0.3) is 0 Å². The number of benzene rings is 1. The molecule has 0 amide bonds. The Labute approximate surface area is 106 Å². The lowest BCUT2D eigenvalue weighted by atomic mass is 9.89. The summed E-state index contributed by atoms with van der Waals surface area (Å²) < 4.78 is 11.0. The predicted octanol–water partition coefficient (Wildman–Crippen LogP) is 2.62. The number of ether oxygens (including phenoxy) is 2. The van der Waals surface area contributed by atoms with Crippen LogP contribution in [-0.4, -0.2) is 13.3 Å². The van der Waals surface area contributed by atoms with Gasteiger partial charge in [-0.05, 0) is 30.9 Å². The van der Waals surface area contributed by atoms with Crippen molar-refractivity contribution in [1.82, 2.24) is 0 Å². The van der Waals surface area contributed by atoms with Crippen LogP contribution >= 0.6 is 11.6 Å². The van der Waals surface area contributed by atoms with Crippen molar-refractivity contribution in [2.45, 2.75) is 31.6 Å². The van der Waals surface area contributed by atoms with Gasteiger partial charge >= 0.3 is 0 Å². The number of nitrogens with two attached hydrogens (primary N) is 1. The van der Waals surface area contributed by atoms with E-state index in [2.05, 4.69) is 6.92 Å². The Morgan fingerprint density at radius 3 is 2.65 bits per heavy atom. The summed E-state index contributed by atoms with van der Waals surface area (Å²) in [5, 5.41) is 0.643. The molecule has 1 saturated carbocycles. The molecule has 1 aromatic carbocycles. The lowest BCUT2D eigenvalue weighted by Gasteiger charge is -2.19. The third kappa shape index (κ3) is 1.53. The van der Waals surface area contributed by atoms with E-state index in [-0.39, 0.29) is 12.2 Å². The highest BCUT2D eigenvalue weighted by Crippen LogP contribution is 2.54. The summed E-state index contributed by atoms with van der Waals surface area (Å²) in [5.41, 5.74) is 8.51. The minimum atomic E-state index is 0.135. The van der Waals surface area contributed by atoms with Gasteiger partial charge in [-0.1, -0.05) is 18.5 Å². The molecule has 0 unspecified atom stereocenters. The average molecular weight is 254 g/mol. The maximum atomic E-state index is 6.25. The zero-order valence-electron chi connectivity index (χ0n) is 9.88. The van der Waals surface area contributed by atoms with Gasteiger partial charge in [0.1, 0.15) is 0 Å². The van der Waals surface area contributed by atoms with Gasteiger partial charge in [-0.2, -0.15) is 0 Å². The van der Waals surface area contributed by atoms with Gasteiger partial charge in [0, 0.05) is 17.5 Å². The van der Waals surface area contributed by atoms with Crippen LogP contribution in [0.25, 0.3) is 0 Å². The molecule has 1 fully saturated rings. The summed E-state index contributed by atoms with van der Waals surface area (Å²) in [6.45, 7) is 3.07. The summed E-state index contributed by atoms with van der Waals surface area (Å²) in [6, 6.07) is 2.02. The van der Waals surface area contributed by atoms with Gasteiger partial charge in [-0.25, -0.2) is 0 Å². The number of hydrogen-bond donors (Lipinski definition) is 1. The molecular formula is C13H16ClNO2. The second kappa shape index (κ2) is 3.79. The number of rotatable bonds is 3. The Morgan fingerprint density at radius 1 is 1.35 bits per heavy atom. The molecule has 0 radical (unpaired) electrons. The van der Waals surface area contributed by atoms with Gasteiger partial charge < -0.3 is 15.2 Å². The first-order valence-electron chi connectivity index (χ1n) is 6.03. The van der Waals surface area contributed by atoms with E-state index >= 15 is 0 Å². The Morgan fingerprint density at radius 2 is 2.06 bits per heavy atom. The zero-order chi connectivity index (χ0) is 12.0. The topological polar surface area (TPSA) is 44.5 Å². The van der Waals surface area contributed by atoms with Crippen molar-refractivity contribution >= 4 is 11.6 Å². The molecule has 1 aliphatic carbocycles. The first-order valence-corrected chi connectivity index (χ1v) is 6.41. The number of halogens is 1. The maximum absolute atomic E-state index is 6.25. The molecule has 0 bridgehead atoms. The van der Waals surface area contributed by atoms with Crippen molar-refractivity contribution in [3.8, 4) is 11.5 Å². The van der Waals surface area contributed by atoms with Crippen LogP contribution in [0.1, 0.15) is 30.9 Å². The standard InChI is InChI=1S/C13H16ClNO2/c1-2-8-9(13(6-15)3-4-13)5-10(14)12-11(8)16-7-17-12/h5H,2-4,6-7,15H2,1H3. The molecule has 3 nitrogen and oxygen atoms in total. The molecular weight excluding hydrogens is 238 g/mol. The fraction of sp³-hybridized carbons (Fsp3) is 0.538. The molecule has 0 aromatic heterocycles. The molecule has 4 heteroatoms. The molecule has 0 saturated heterocycles. The van der Waals surface area contributed by atoms with Gasteiger partial charge in [0.2, 0.25) is 6.79 Å². The molecule has 17 heavy (non-hydrogen) atoms. The Balaban J connectivity index is 2.19. The summed E-state index contributed by atoms with van der Waals surface area (Å²) in [7, 11) is 0. The first kappa shape index (κ1) is 11.2. The minimum absolute atomic E-state index is 0.135. The summed E-state index contributed by atoms with van der Waals surface area (Å²) in [4.78, 5) is 0. The van der Waals surface area contributed by atoms with Crippen molar-refractivity contribution < 1.29 is 9.47 Å². The Hall–Kier alpha value is -0.930. The first-order chi connectivity index (χ1) is 8.22. The molecule has 1 heterocycles. The molecule has 1 aliphatic heterocycles. The second-order valence-electron chi connectivity index (χ2n) is 4.79. The van der Waals surface area contributed by atoms with Crippen molar-refractivity contribution in [3.05, 3.63) is 22.2 Å². The summed E-state index contributed by atoms with van der Waals surface area (Å²) in [6.07, 6.45) is 3.21. The van der Waals surface area contributed by atoms with Gasteiger partial charge in [-0.15, -0.1) is 0 Å². The van der Waals surface area contributed by atoms with E-state index in [1.807, 2.05) is 6.07 Å². The second-order valence-corrected chi connectivity index (χ2v) is 5.19. The molecule has 92 valence electrons. The van der Waals surface area contributed by atoms with E-state index in [0.717, 1.165) is 25.0 Å². The summed E-state index contributed by atoms with van der Waals surface area (Å²) >= 11 is 6.25. The molecule has 3 rings (SSSR count). The van der Waals surface area contributed by atoms with Gasteiger partial charge in [-0.3, -0.25) is 0 Å².